The number of epoxide rings is 1. The maximum Gasteiger partial charge on any atom is 0.331 e. The number of allylic oxidation sites excluding steroid dienone is 1. The Hall–Kier alpha value is -2.48. The molecule has 1 saturated heterocycles. The Labute approximate surface area is 213 Å². The second-order valence-corrected chi connectivity index (χ2v) is 10.8. The number of Topliss-reactive ketones (excluding diaryl/α,β-unsaturated/α-hetero) is 1. The molecule has 3 rings (SSSR count). The van der Waals surface area contributed by atoms with E-state index in [1.807, 2.05) is 27.7 Å². The Morgan fingerprint density at radius 1 is 1.19 bits per heavy atom. The van der Waals surface area contributed by atoms with Crippen LogP contribution in [0.1, 0.15) is 67.7 Å². The molecular weight excluding hydrogens is 464 g/mol. The fourth-order valence-corrected chi connectivity index (χ4v) is 5.76. The summed E-state index contributed by atoms with van der Waals surface area (Å²) in [4.78, 5) is 50.9. The van der Waals surface area contributed by atoms with Gasteiger partial charge in [-0.15, -0.1) is 0 Å². The van der Waals surface area contributed by atoms with E-state index in [2.05, 4.69) is 6.58 Å². The van der Waals surface area contributed by atoms with Crippen LogP contribution in [0, 0.1) is 29.6 Å². The van der Waals surface area contributed by atoms with Crippen LogP contribution in [0.5, 0.6) is 0 Å². The van der Waals surface area contributed by atoms with Gasteiger partial charge in [0.15, 0.2) is 6.10 Å². The Morgan fingerprint density at radius 2 is 1.83 bits per heavy atom. The van der Waals surface area contributed by atoms with Crippen LogP contribution in [0.2, 0.25) is 0 Å². The van der Waals surface area contributed by atoms with Crippen molar-refractivity contribution in [1.29, 1.82) is 0 Å². The topological polar surface area (TPSA) is 109 Å². The first-order valence-electron chi connectivity index (χ1n) is 12.9. The van der Waals surface area contributed by atoms with Crippen molar-refractivity contribution >= 4 is 23.7 Å². The largest absolute Gasteiger partial charge is 0.462 e. The van der Waals surface area contributed by atoms with Crippen molar-refractivity contribution in [2.45, 2.75) is 91.6 Å². The Kier molecular flexibility index (Phi) is 8.48. The third kappa shape index (κ3) is 5.58. The van der Waals surface area contributed by atoms with Crippen LogP contribution in [0.25, 0.3) is 0 Å². The minimum atomic E-state index is -0.909. The standard InChI is InChI=1S/C28H40O8/c1-9-14(3)11-21(31)35-26-24(28(8)13-33-28)23-19(12-20(30)22(23)17(6)34-18(7)29)16(5)25(26)36-27(32)15(4)10-2/h11,15,17,19,22-26H,5,9-10,12-13H2,1-4,6-8H3/b14-11-. The van der Waals surface area contributed by atoms with Gasteiger partial charge in [0.1, 0.15) is 18.0 Å². The summed E-state index contributed by atoms with van der Waals surface area (Å²) in [6.07, 6.45) is 0.440. The zero-order chi connectivity index (χ0) is 26.9. The third-order valence-corrected chi connectivity index (χ3v) is 8.18. The van der Waals surface area contributed by atoms with Crippen molar-refractivity contribution in [3.05, 3.63) is 23.8 Å². The lowest BCUT2D eigenvalue weighted by Crippen LogP contribution is -2.57. The first kappa shape index (κ1) is 28.1. The van der Waals surface area contributed by atoms with E-state index < -0.39 is 53.7 Å². The molecule has 0 aromatic rings. The second-order valence-electron chi connectivity index (χ2n) is 10.8. The van der Waals surface area contributed by atoms with Crippen molar-refractivity contribution in [3.63, 3.8) is 0 Å². The molecular formula is C28H40O8. The van der Waals surface area contributed by atoms with Gasteiger partial charge in [0, 0.05) is 25.3 Å². The smallest absolute Gasteiger partial charge is 0.331 e. The fraction of sp³-hybridized carbons (Fsp3) is 0.714. The monoisotopic (exact) mass is 504 g/mol. The normalized spacial score (nSPS) is 35.5. The van der Waals surface area contributed by atoms with Crippen molar-refractivity contribution in [2.75, 3.05) is 6.61 Å². The zero-order valence-electron chi connectivity index (χ0n) is 22.5. The summed E-state index contributed by atoms with van der Waals surface area (Å²) in [5.41, 5.74) is 0.721. The molecule has 0 N–H and O–H groups in total. The molecule has 9 atom stereocenters. The number of carbonyl (C=O) groups excluding carboxylic acids is 4. The van der Waals surface area contributed by atoms with E-state index in [1.165, 1.54) is 13.0 Å². The van der Waals surface area contributed by atoms with Crippen LogP contribution in [-0.4, -0.2) is 54.2 Å². The molecule has 0 aromatic heterocycles. The highest BCUT2D eigenvalue weighted by atomic mass is 16.6. The van der Waals surface area contributed by atoms with Gasteiger partial charge in [-0.25, -0.2) is 4.79 Å². The lowest BCUT2D eigenvalue weighted by atomic mass is 9.61. The second kappa shape index (κ2) is 10.9. The summed E-state index contributed by atoms with van der Waals surface area (Å²) in [7, 11) is 0. The van der Waals surface area contributed by atoms with E-state index in [9.17, 15) is 19.2 Å². The highest BCUT2D eigenvalue weighted by molar-refractivity contribution is 5.86. The summed E-state index contributed by atoms with van der Waals surface area (Å²) < 4.78 is 23.3. The molecule has 2 saturated carbocycles. The first-order chi connectivity index (χ1) is 16.8. The zero-order valence-corrected chi connectivity index (χ0v) is 22.5. The number of rotatable bonds is 9. The number of carbonyl (C=O) groups is 4. The van der Waals surface area contributed by atoms with E-state index in [0.717, 1.165) is 5.57 Å². The van der Waals surface area contributed by atoms with Crippen molar-refractivity contribution in [3.8, 4) is 0 Å². The number of fused-ring (bicyclic) bond motifs is 1. The highest BCUT2D eigenvalue weighted by Gasteiger charge is 2.67. The van der Waals surface area contributed by atoms with Crippen LogP contribution in [0.3, 0.4) is 0 Å². The number of ether oxygens (including phenoxy) is 4. The van der Waals surface area contributed by atoms with Crippen LogP contribution >= 0.6 is 0 Å². The van der Waals surface area contributed by atoms with Crippen molar-refractivity contribution < 1.29 is 38.1 Å². The minimum absolute atomic E-state index is 0.0464. The molecule has 200 valence electrons. The molecule has 0 radical (unpaired) electrons. The lowest BCUT2D eigenvalue weighted by molar-refractivity contribution is -0.182. The van der Waals surface area contributed by atoms with E-state index in [0.29, 0.717) is 25.0 Å². The van der Waals surface area contributed by atoms with Gasteiger partial charge >= 0.3 is 17.9 Å². The maximum absolute atomic E-state index is 13.3. The van der Waals surface area contributed by atoms with E-state index >= 15 is 0 Å². The maximum atomic E-state index is 13.3. The molecule has 8 nitrogen and oxygen atoms in total. The van der Waals surface area contributed by atoms with Gasteiger partial charge in [-0.3, -0.25) is 14.4 Å². The van der Waals surface area contributed by atoms with Crippen molar-refractivity contribution in [1.82, 2.24) is 0 Å². The van der Waals surface area contributed by atoms with Gasteiger partial charge in [-0.2, -0.15) is 0 Å². The first-order valence-corrected chi connectivity index (χ1v) is 12.9. The summed E-state index contributed by atoms with van der Waals surface area (Å²) in [5.74, 6) is -3.54. The molecule has 3 aliphatic rings. The lowest BCUT2D eigenvalue weighted by Gasteiger charge is -2.48. The Morgan fingerprint density at radius 3 is 2.36 bits per heavy atom. The molecule has 8 heteroatoms. The predicted molar refractivity (Wildman–Crippen MR) is 132 cm³/mol. The Balaban J connectivity index is 2.08. The fourth-order valence-electron chi connectivity index (χ4n) is 5.76. The van der Waals surface area contributed by atoms with Gasteiger partial charge in [-0.1, -0.05) is 32.9 Å². The van der Waals surface area contributed by atoms with E-state index in [-0.39, 0.29) is 30.0 Å². The van der Waals surface area contributed by atoms with Crippen LogP contribution < -0.4 is 0 Å². The van der Waals surface area contributed by atoms with Crippen LogP contribution in [0.4, 0.5) is 0 Å². The van der Waals surface area contributed by atoms with Crippen LogP contribution in [0.15, 0.2) is 23.8 Å². The summed E-state index contributed by atoms with van der Waals surface area (Å²) in [5, 5.41) is 0. The van der Waals surface area contributed by atoms with Gasteiger partial charge < -0.3 is 18.9 Å². The molecule has 0 amide bonds. The van der Waals surface area contributed by atoms with Gasteiger partial charge in [0.25, 0.3) is 0 Å². The minimum Gasteiger partial charge on any atom is -0.462 e. The Bertz CT molecular complexity index is 945. The SMILES string of the molecule is C=C1C2CC(=O)C(C(C)OC(C)=O)C2C(C2(C)CO2)C(OC(=O)/C=C(/C)CC)C1OC(=O)C(C)CC. The molecule has 2 aliphatic carbocycles. The van der Waals surface area contributed by atoms with E-state index in [4.69, 9.17) is 18.9 Å². The number of esters is 3. The molecule has 0 bridgehead atoms. The van der Waals surface area contributed by atoms with Crippen LogP contribution in [-0.2, 0) is 38.1 Å². The van der Waals surface area contributed by atoms with Gasteiger partial charge in [-0.05, 0) is 51.0 Å². The molecule has 3 fully saturated rings. The third-order valence-electron chi connectivity index (χ3n) is 8.18. The van der Waals surface area contributed by atoms with Gasteiger partial charge in [0.2, 0.25) is 0 Å². The summed E-state index contributed by atoms with van der Waals surface area (Å²) >= 11 is 0. The molecule has 0 aromatic carbocycles. The number of hydrogen-bond acceptors (Lipinski definition) is 8. The number of hydrogen-bond donors (Lipinski definition) is 0. The van der Waals surface area contributed by atoms with E-state index in [1.54, 1.807) is 13.8 Å². The molecule has 1 heterocycles. The quantitative estimate of drug-likeness (QED) is 0.153. The summed E-state index contributed by atoms with van der Waals surface area (Å²) in [6.45, 7) is 17.1. The van der Waals surface area contributed by atoms with Crippen molar-refractivity contribution in [2.24, 2.45) is 29.6 Å². The predicted octanol–water partition coefficient (Wildman–Crippen LogP) is 3.96. The average molecular weight is 505 g/mol. The average Bonchev–Trinajstić information content (AvgIpc) is 3.44. The molecule has 9 unspecified atom stereocenters. The molecule has 1 aliphatic heterocycles. The molecule has 0 spiro atoms. The highest BCUT2D eigenvalue weighted by Crippen LogP contribution is 2.58. The summed E-state index contributed by atoms with van der Waals surface area (Å²) in [6, 6.07) is 0. The van der Waals surface area contributed by atoms with Gasteiger partial charge in [0.05, 0.1) is 24.0 Å². The molecule has 36 heavy (non-hydrogen) atoms. The number of ketones is 1.